The molecule has 3 heteroatoms. The zero-order valence-electron chi connectivity index (χ0n) is 12.0. The van der Waals surface area contributed by atoms with Gasteiger partial charge in [0.05, 0.1) is 5.54 Å². The van der Waals surface area contributed by atoms with Crippen molar-refractivity contribution in [1.82, 2.24) is 10.6 Å². The molecule has 1 aliphatic rings. The first kappa shape index (κ1) is 14.5. The number of hydrogen-bond donors (Lipinski definition) is 2. The summed E-state index contributed by atoms with van der Waals surface area (Å²) in [4.78, 5) is 12.0. The van der Waals surface area contributed by atoms with E-state index in [0.717, 1.165) is 25.9 Å². The van der Waals surface area contributed by atoms with Gasteiger partial charge in [0.25, 0.3) is 0 Å². The number of amides is 1. The average molecular weight is 240 g/mol. The topological polar surface area (TPSA) is 41.1 Å². The minimum absolute atomic E-state index is 0.0292. The molecule has 0 aromatic heterocycles. The third-order valence-electron chi connectivity index (χ3n) is 3.30. The molecular weight excluding hydrogens is 212 g/mol. The van der Waals surface area contributed by atoms with Crippen molar-refractivity contribution >= 4 is 5.91 Å². The van der Waals surface area contributed by atoms with Gasteiger partial charge in [0.2, 0.25) is 5.91 Å². The van der Waals surface area contributed by atoms with Gasteiger partial charge < -0.3 is 10.6 Å². The lowest BCUT2D eigenvalue weighted by atomic mass is 9.84. The maximum Gasteiger partial charge on any atom is 0.220 e. The van der Waals surface area contributed by atoms with Crippen molar-refractivity contribution in [3.8, 4) is 0 Å². The molecule has 1 aliphatic heterocycles. The van der Waals surface area contributed by atoms with Crippen LogP contribution < -0.4 is 10.6 Å². The van der Waals surface area contributed by atoms with Crippen LogP contribution in [0.15, 0.2) is 0 Å². The van der Waals surface area contributed by atoms with E-state index in [1.54, 1.807) is 0 Å². The summed E-state index contributed by atoms with van der Waals surface area (Å²) in [5, 5.41) is 6.47. The lowest BCUT2D eigenvalue weighted by molar-refractivity contribution is -0.123. The third-order valence-corrected chi connectivity index (χ3v) is 3.30. The maximum atomic E-state index is 12.0. The number of carbonyl (C=O) groups is 1. The molecule has 1 fully saturated rings. The molecule has 0 aromatic carbocycles. The second kappa shape index (κ2) is 5.38. The highest BCUT2D eigenvalue weighted by Gasteiger charge is 2.30. The second-order valence-electron chi connectivity index (χ2n) is 7.11. The predicted molar refractivity (Wildman–Crippen MR) is 71.9 cm³/mol. The molecule has 0 radical (unpaired) electrons. The van der Waals surface area contributed by atoms with E-state index in [1.165, 1.54) is 0 Å². The van der Waals surface area contributed by atoms with Crippen LogP contribution in [0.1, 0.15) is 53.9 Å². The molecule has 0 bridgehead atoms. The van der Waals surface area contributed by atoms with Crippen molar-refractivity contribution in [3.63, 3.8) is 0 Å². The van der Waals surface area contributed by atoms with E-state index in [1.807, 2.05) is 0 Å². The SMILES string of the molecule is CC(CC(=O)NC1(C)CCNC1)CC(C)(C)C. The summed E-state index contributed by atoms with van der Waals surface area (Å²) < 4.78 is 0. The van der Waals surface area contributed by atoms with E-state index in [9.17, 15) is 4.79 Å². The Labute approximate surface area is 106 Å². The molecule has 1 amide bonds. The summed E-state index contributed by atoms with van der Waals surface area (Å²) >= 11 is 0. The highest BCUT2D eigenvalue weighted by atomic mass is 16.1. The van der Waals surface area contributed by atoms with Crippen LogP contribution in [0.4, 0.5) is 0 Å². The van der Waals surface area contributed by atoms with Crippen LogP contribution in [0, 0.1) is 11.3 Å². The minimum Gasteiger partial charge on any atom is -0.350 e. The Balaban J connectivity index is 2.34. The Morgan fingerprint density at radius 1 is 1.47 bits per heavy atom. The van der Waals surface area contributed by atoms with E-state index in [-0.39, 0.29) is 11.4 Å². The summed E-state index contributed by atoms with van der Waals surface area (Å²) in [5.41, 5.74) is 0.275. The molecule has 1 saturated heterocycles. The van der Waals surface area contributed by atoms with Crippen LogP contribution in [0.2, 0.25) is 0 Å². The molecule has 100 valence electrons. The molecule has 0 saturated carbocycles. The fourth-order valence-corrected chi connectivity index (χ4v) is 2.75. The van der Waals surface area contributed by atoms with Crippen molar-refractivity contribution in [1.29, 1.82) is 0 Å². The largest absolute Gasteiger partial charge is 0.350 e. The first-order chi connectivity index (χ1) is 7.70. The monoisotopic (exact) mass is 240 g/mol. The van der Waals surface area contributed by atoms with Gasteiger partial charge in [-0.3, -0.25) is 4.79 Å². The van der Waals surface area contributed by atoms with E-state index in [0.29, 0.717) is 17.8 Å². The van der Waals surface area contributed by atoms with Crippen LogP contribution in [-0.4, -0.2) is 24.5 Å². The van der Waals surface area contributed by atoms with E-state index >= 15 is 0 Å². The Morgan fingerprint density at radius 3 is 2.59 bits per heavy atom. The lowest BCUT2D eigenvalue weighted by Crippen LogP contribution is -2.47. The average Bonchev–Trinajstić information content (AvgIpc) is 2.46. The number of nitrogens with one attached hydrogen (secondary N) is 2. The van der Waals surface area contributed by atoms with Crippen LogP contribution >= 0.6 is 0 Å². The molecular formula is C14H28N2O. The maximum absolute atomic E-state index is 12.0. The fourth-order valence-electron chi connectivity index (χ4n) is 2.75. The van der Waals surface area contributed by atoms with Gasteiger partial charge in [-0.25, -0.2) is 0 Å². The zero-order valence-corrected chi connectivity index (χ0v) is 12.0. The van der Waals surface area contributed by atoms with Crippen LogP contribution in [0.3, 0.4) is 0 Å². The van der Waals surface area contributed by atoms with Crippen LogP contribution in [0.25, 0.3) is 0 Å². The van der Waals surface area contributed by atoms with Crippen molar-refractivity contribution in [2.75, 3.05) is 13.1 Å². The molecule has 2 N–H and O–H groups in total. The molecule has 0 aliphatic carbocycles. The molecule has 2 unspecified atom stereocenters. The van der Waals surface area contributed by atoms with Crippen LogP contribution in [-0.2, 0) is 4.79 Å². The van der Waals surface area contributed by atoms with Crippen molar-refractivity contribution < 1.29 is 4.79 Å². The van der Waals surface area contributed by atoms with Crippen molar-refractivity contribution in [2.45, 2.75) is 59.4 Å². The van der Waals surface area contributed by atoms with Gasteiger partial charge in [-0.05, 0) is 37.6 Å². The predicted octanol–water partition coefficient (Wildman–Crippen LogP) is 2.32. The van der Waals surface area contributed by atoms with Crippen molar-refractivity contribution in [2.24, 2.45) is 11.3 Å². The fraction of sp³-hybridized carbons (Fsp3) is 0.929. The zero-order chi connectivity index (χ0) is 13.1. The molecule has 3 nitrogen and oxygen atoms in total. The third kappa shape index (κ3) is 5.53. The highest BCUT2D eigenvalue weighted by molar-refractivity contribution is 5.77. The molecule has 0 spiro atoms. The van der Waals surface area contributed by atoms with Gasteiger partial charge in [0.1, 0.15) is 0 Å². The Kier molecular flexibility index (Phi) is 4.59. The Hall–Kier alpha value is -0.570. The molecule has 2 atom stereocenters. The Bertz CT molecular complexity index is 262. The number of hydrogen-bond acceptors (Lipinski definition) is 2. The number of carbonyl (C=O) groups excluding carboxylic acids is 1. The molecule has 1 rings (SSSR count). The highest BCUT2D eigenvalue weighted by Crippen LogP contribution is 2.26. The number of rotatable bonds is 4. The minimum atomic E-state index is -0.0292. The lowest BCUT2D eigenvalue weighted by Gasteiger charge is -2.27. The van der Waals surface area contributed by atoms with Gasteiger partial charge in [-0.2, -0.15) is 0 Å². The van der Waals surface area contributed by atoms with Crippen molar-refractivity contribution in [3.05, 3.63) is 0 Å². The summed E-state index contributed by atoms with van der Waals surface area (Å²) in [6, 6.07) is 0. The summed E-state index contributed by atoms with van der Waals surface area (Å²) in [6.07, 6.45) is 2.77. The second-order valence-corrected chi connectivity index (χ2v) is 7.11. The summed E-state index contributed by atoms with van der Waals surface area (Å²) in [6.45, 7) is 12.9. The standard InChI is InChI=1S/C14H28N2O/c1-11(9-13(2,3)4)8-12(17)16-14(5)6-7-15-10-14/h11,15H,6-10H2,1-5H3,(H,16,17). The first-order valence-electron chi connectivity index (χ1n) is 6.72. The smallest absolute Gasteiger partial charge is 0.220 e. The van der Waals surface area contributed by atoms with Crippen LogP contribution in [0.5, 0.6) is 0 Å². The van der Waals surface area contributed by atoms with E-state index in [4.69, 9.17) is 0 Å². The quantitative estimate of drug-likeness (QED) is 0.792. The normalized spacial score (nSPS) is 26.9. The van der Waals surface area contributed by atoms with E-state index < -0.39 is 0 Å². The first-order valence-corrected chi connectivity index (χ1v) is 6.72. The van der Waals surface area contributed by atoms with Gasteiger partial charge >= 0.3 is 0 Å². The molecule has 0 aromatic rings. The summed E-state index contributed by atoms with van der Waals surface area (Å²) in [5.74, 6) is 0.654. The van der Waals surface area contributed by atoms with Gasteiger partial charge in [-0.1, -0.05) is 27.7 Å². The Morgan fingerprint density at radius 2 is 2.12 bits per heavy atom. The van der Waals surface area contributed by atoms with Gasteiger partial charge in [-0.15, -0.1) is 0 Å². The van der Waals surface area contributed by atoms with Gasteiger partial charge in [0.15, 0.2) is 0 Å². The molecule has 1 heterocycles. The summed E-state index contributed by atoms with van der Waals surface area (Å²) in [7, 11) is 0. The van der Waals surface area contributed by atoms with Gasteiger partial charge in [0, 0.05) is 13.0 Å². The van der Waals surface area contributed by atoms with E-state index in [2.05, 4.69) is 45.3 Å². The molecule has 17 heavy (non-hydrogen) atoms.